The maximum absolute atomic E-state index is 12.9. The van der Waals surface area contributed by atoms with Gasteiger partial charge in [0.05, 0.1) is 32.4 Å². The van der Waals surface area contributed by atoms with Crippen molar-refractivity contribution in [2.24, 2.45) is 0 Å². The highest BCUT2D eigenvalue weighted by Gasteiger charge is 2.40. The average Bonchev–Trinajstić information content (AvgIpc) is 2.59. The molecule has 0 aliphatic carbocycles. The summed E-state index contributed by atoms with van der Waals surface area (Å²) >= 11 is 0. The molecule has 0 spiro atoms. The van der Waals surface area contributed by atoms with E-state index in [0.29, 0.717) is 5.57 Å². The van der Waals surface area contributed by atoms with Crippen molar-refractivity contribution in [1.29, 1.82) is 0 Å². The number of hydrogen-bond acceptors (Lipinski definition) is 7. The van der Waals surface area contributed by atoms with Crippen LogP contribution in [0.1, 0.15) is 41.5 Å². The second kappa shape index (κ2) is 10.8. The molecule has 1 N–H and O–H groups in total. The molecule has 1 rings (SSSR count). The lowest BCUT2D eigenvalue weighted by Gasteiger charge is -2.42. The van der Waals surface area contributed by atoms with Gasteiger partial charge in [-0.2, -0.15) is 5.06 Å². The van der Waals surface area contributed by atoms with Crippen LogP contribution in [-0.4, -0.2) is 84.0 Å². The zero-order valence-electron chi connectivity index (χ0n) is 19.1. The number of carbonyl (C=O) groups excluding carboxylic acids is 2. The van der Waals surface area contributed by atoms with Crippen LogP contribution in [0, 0.1) is 0 Å². The average molecular weight is 429 g/mol. The summed E-state index contributed by atoms with van der Waals surface area (Å²) in [5.41, 5.74) is -0.787. The Morgan fingerprint density at radius 2 is 1.83 bits per heavy atom. The molecule has 172 valence electrons. The van der Waals surface area contributed by atoms with Gasteiger partial charge in [0.15, 0.2) is 0 Å². The molecule has 2 amide bonds. The topological polar surface area (TPSA) is 97.8 Å². The van der Waals surface area contributed by atoms with Gasteiger partial charge in [-0.25, -0.2) is 9.59 Å². The van der Waals surface area contributed by atoms with Gasteiger partial charge in [-0.15, -0.1) is 6.58 Å². The molecule has 0 fully saturated rings. The number of methoxy groups -OCH3 is 1. The Kier molecular flexibility index (Phi) is 9.33. The van der Waals surface area contributed by atoms with Gasteiger partial charge in [-0.05, 0) is 47.1 Å². The number of hydrogen-bond donors (Lipinski definition) is 1. The zero-order valence-corrected chi connectivity index (χ0v) is 19.1. The van der Waals surface area contributed by atoms with Gasteiger partial charge in [0, 0.05) is 7.11 Å². The Hall–Kier alpha value is -2.10. The van der Waals surface area contributed by atoms with Crippen molar-refractivity contribution in [3.8, 4) is 0 Å². The predicted octanol–water partition coefficient (Wildman–Crippen LogP) is 2.89. The van der Waals surface area contributed by atoms with E-state index in [0.717, 1.165) is 5.06 Å². The van der Waals surface area contributed by atoms with E-state index in [9.17, 15) is 14.7 Å². The van der Waals surface area contributed by atoms with Crippen LogP contribution in [0.15, 0.2) is 24.3 Å². The molecule has 0 saturated carbocycles. The van der Waals surface area contributed by atoms with Crippen LogP contribution in [0.25, 0.3) is 0 Å². The Bertz CT molecular complexity index is 634. The van der Waals surface area contributed by atoms with Crippen molar-refractivity contribution >= 4 is 12.2 Å². The molecule has 1 aliphatic rings. The first-order valence-electron chi connectivity index (χ1n) is 9.89. The molecule has 0 bridgehead atoms. The minimum absolute atomic E-state index is 0.0335. The smallest absolute Gasteiger partial charge is 0.435 e. The summed E-state index contributed by atoms with van der Waals surface area (Å²) in [6, 6.07) is -1.32. The van der Waals surface area contributed by atoms with Crippen molar-refractivity contribution in [3.63, 3.8) is 0 Å². The first kappa shape index (κ1) is 25.9. The summed E-state index contributed by atoms with van der Waals surface area (Å²) in [5.74, 6) is 0. The number of aliphatic hydroxyl groups is 1. The Balaban J connectivity index is 3.30. The lowest BCUT2D eigenvalue weighted by molar-refractivity contribution is -0.161. The monoisotopic (exact) mass is 428 g/mol. The van der Waals surface area contributed by atoms with Crippen molar-refractivity contribution in [3.05, 3.63) is 24.3 Å². The van der Waals surface area contributed by atoms with Gasteiger partial charge in [0.1, 0.15) is 17.2 Å². The number of aliphatic hydroxyl groups excluding tert-OH is 1. The maximum atomic E-state index is 12.9. The van der Waals surface area contributed by atoms with Gasteiger partial charge in [0.2, 0.25) is 0 Å². The number of amides is 2. The molecule has 1 heterocycles. The Morgan fingerprint density at radius 3 is 2.30 bits per heavy atom. The summed E-state index contributed by atoms with van der Waals surface area (Å²) < 4.78 is 16.2. The summed E-state index contributed by atoms with van der Waals surface area (Å²) in [6.45, 7) is 14.1. The molecular weight excluding hydrogens is 392 g/mol. The molecule has 9 heteroatoms. The minimum Gasteiger partial charge on any atom is -0.444 e. The minimum atomic E-state index is -0.745. The van der Waals surface area contributed by atoms with E-state index in [1.165, 1.54) is 18.1 Å². The lowest BCUT2D eigenvalue weighted by Crippen LogP contribution is -2.57. The third-order valence-corrected chi connectivity index (χ3v) is 3.92. The third kappa shape index (κ3) is 7.97. The van der Waals surface area contributed by atoms with Crippen LogP contribution in [0.4, 0.5) is 9.59 Å². The van der Waals surface area contributed by atoms with Crippen LogP contribution >= 0.6 is 0 Å². The molecule has 0 aromatic heterocycles. The fraction of sp³-hybridized carbons (Fsp3) is 0.714. The number of carbonyl (C=O) groups is 2. The third-order valence-electron chi connectivity index (χ3n) is 3.92. The molecule has 30 heavy (non-hydrogen) atoms. The number of nitrogens with zero attached hydrogens (tertiary/aromatic N) is 2. The number of ether oxygens (including phenoxy) is 3. The van der Waals surface area contributed by atoms with Gasteiger partial charge in [-0.1, -0.05) is 12.2 Å². The normalized spacial score (nSPS) is 19.7. The van der Waals surface area contributed by atoms with E-state index < -0.39 is 35.5 Å². The highest BCUT2D eigenvalue weighted by atomic mass is 16.7. The van der Waals surface area contributed by atoms with Crippen LogP contribution in [0.5, 0.6) is 0 Å². The summed E-state index contributed by atoms with van der Waals surface area (Å²) in [6.07, 6.45) is 1.88. The zero-order chi connectivity index (χ0) is 23.1. The second-order valence-corrected chi connectivity index (χ2v) is 8.96. The highest BCUT2D eigenvalue weighted by molar-refractivity contribution is 5.71. The standard InChI is InChI=1S/C21H36N2O7/c1-9-10-28-23(19(26)30-21(5,6)7)17-12-22(18(25)29-20(2,3)4)16(13-24)11-15(17)14-27-8/h9,11,16-17,24H,1,10,12-14H2,2-8H3. The lowest BCUT2D eigenvalue weighted by atomic mass is 9.98. The number of hydroxylamine groups is 2. The second-order valence-electron chi connectivity index (χ2n) is 8.96. The van der Waals surface area contributed by atoms with Gasteiger partial charge >= 0.3 is 12.2 Å². The van der Waals surface area contributed by atoms with E-state index >= 15 is 0 Å². The molecule has 0 saturated heterocycles. The van der Waals surface area contributed by atoms with E-state index in [2.05, 4.69) is 6.58 Å². The van der Waals surface area contributed by atoms with Crippen LogP contribution < -0.4 is 0 Å². The fourth-order valence-corrected chi connectivity index (χ4v) is 2.81. The summed E-state index contributed by atoms with van der Waals surface area (Å²) in [4.78, 5) is 32.6. The van der Waals surface area contributed by atoms with Gasteiger partial charge in [0.25, 0.3) is 0 Å². The molecular formula is C21H36N2O7. The van der Waals surface area contributed by atoms with Crippen LogP contribution in [0.3, 0.4) is 0 Å². The highest BCUT2D eigenvalue weighted by Crippen LogP contribution is 2.26. The van der Waals surface area contributed by atoms with Crippen LogP contribution in [0.2, 0.25) is 0 Å². The van der Waals surface area contributed by atoms with Crippen molar-refractivity contribution in [1.82, 2.24) is 9.96 Å². The number of rotatable bonds is 7. The fourth-order valence-electron chi connectivity index (χ4n) is 2.81. The van der Waals surface area contributed by atoms with E-state index in [1.54, 1.807) is 47.6 Å². The Labute approximate surface area is 179 Å². The van der Waals surface area contributed by atoms with Crippen molar-refractivity contribution in [2.75, 3.05) is 33.5 Å². The Morgan fingerprint density at radius 1 is 1.23 bits per heavy atom. The van der Waals surface area contributed by atoms with E-state index in [4.69, 9.17) is 19.0 Å². The molecule has 2 unspecified atom stereocenters. The van der Waals surface area contributed by atoms with Gasteiger partial charge in [-0.3, -0.25) is 9.74 Å². The molecule has 9 nitrogen and oxygen atoms in total. The largest absolute Gasteiger partial charge is 0.444 e. The molecule has 0 aromatic rings. The molecule has 2 atom stereocenters. The summed E-state index contributed by atoms with van der Waals surface area (Å²) in [5, 5.41) is 10.9. The van der Waals surface area contributed by atoms with Gasteiger partial charge < -0.3 is 19.3 Å². The SMILES string of the molecule is C=CCON(C(=O)OC(C)(C)C)C1CN(C(=O)OC(C)(C)C)C(CO)C=C1COC. The first-order valence-corrected chi connectivity index (χ1v) is 9.89. The maximum Gasteiger partial charge on any atom is 0.435 e. The van der Waals surface area contributed by atoms with Crippen molar-refractivity contribution in [2.45, 2.75) is 64.8 Å². The van der Waals surface area contributed by atoms with Crippen LogP contribution in [-0.2, 0) is 19.0 Å². The predicted molar refractivity (Wildman–Crippen MR) is 112 cm³/mol. The summed E-state index contributed by atoms with van der Waals surface area (Å²) in [7, 11) is 1.52. The van der Waals surface area contributed by atoms with E-state index in [1.807, 2.05) is 0 Å². The molecule has 0 aromatic carbocycles. The van der Waals surface area contributed by atoms with E-state index in [-0.39, 0.29) is 26.4 Å². The molecule has 0 radical (unpaired) electrons. The van der Waals surface area contributed by atoms with Crippen molar-refractivity contribution < 1.29 is 33.7 Å². The molecule has 1 aliphatic heterocycles. The first-order chi connectivity index (χ1) is 13.8. The quantitative estimate of drug-likeness (QED) is 0.492.